The van der Waals surface area contributed by atoms with E-state index in [0.717, 1.165) is 50.4 Å². The van der Waals surface area contributed by atoms with Crippen LogP contribution in [0.2, 0.25) is 0 Å². The van der Waals surface area contributed by atoms with Gasteiger partial charge in [-0.05, 0) is 36.6 Å². The first-order valence-electron chi connectivity index (χ1n) is 10.1. The van der Waals surface area contributed by atoms with Crippen molar-refractivity contribution in [3.8, 4) is 0 Å². The van der Waals surface area contributed by atoms with Gasteiger partial charge in [0, 0.05) is 37.4 Å². The molecule has 2 heterocycles. The van der Waals surface area contributed by atoms with Crippen molar-refractivity contribution in [2.45, 2.75) is 32.2 Å². The average molecular weight is 407 g/mol. The summed E-state index contributed by atoms with van der Waals surface area (Å²) in [5, 5.41) is 0. The van der Waals surface area contributed by atoms with E-state index in [1.165, 1.54) is 0 Å². The van der Waals surface area contributed by atoms with Crippen LogP contribution in [-0.2, 0) is 19.4 Å². The molecule has 7 heteroatoms. The lowest BCUT2D eigenvalue weighted by molar-refractivity contribution is -0.127. The highest BCUT2D eigenvalue weighted by molar-refractivity contribution is 7.91. The average Bonchev–Trinajstić information content (AvgIpc) is 3.07. The number of unbranched alkanes of at least 4 members (excludes halogenated alkanes) is 1. The Morgan fingerprint density at radius 3 is 2.57 bits per heavy atom. The number of carbonyl (C=O) groups excluding carboxylic acids is 1. The largest absolute Gasteiger partial charge is 0.378 e. The van der Waals surface area contributed by atoms with E-state index in [-0.39, 0.29) is 23.5 Å². The molecule has 0 saturated carbocycles. The summed E-state index contributed by atoms with van der Waals surface area (Å²) in [6.45, 7) is 5.96. The minimum Gasteiger partial charge on any atom is -0.378 e. The van der Waals surface area contributed by atoms with Gasteiger partial charge in [-0.1, -0.05) is 25.5 Å². The molecule has 0 aliphatic carbocycles. The summed E-state index contributed by atoms with van der Waals surface area (Å²) in [6, 6.07) is 7.94. The zero-order valence-corrected chi connectivity index (χ0v) is 17.4. The fraction of sp³-hybridized carbons (Fsp3) is 0.571. The Morgan fingerprint density at radius 1 is 1.25 bits per heavy atom. The maximum atomic E-state index is 12.8. The van der Waals surface area contributed by atoms with Crippen molar-refractivity contribution < 1.29 is 17.9 Å². The summed E-state index contributed by atoms with van der Waals surface area (Å²) in [6.07, 6.45) is 5.78. The van der Waals surface area contributed by atoms with Crippen molar-refractivity contribution in [3.63, 3.8) is 0 Å². The number of rotatable bonds is 7. The van der Waals surface area contributed by atoms with Crippen LogP contribution in [0.25, 0.3) is 6.08 Å². The second-order valence-corrected chi connectivity index (χ2v) is 9.70. The first kappa shape index (κ1) is 20.9. The number of benzene rings is 1. The molecule has 1 aromatic rings. The molecule has 0 radical (unpaired) electrons. The molecular weight excluding hydrogens is 376 g/mol. The Labute approximate surface area is 168 Å². The van der Waals surface area contributed by atoms with Crippen molar-refractivity contribution in [1.29, 1.82) is 0 Å². The normalized spacial score (nSPS) is 21.9. The molecule has 1 unspecified atom stereocenters. The molecular formula is C21H30N2O4S. The minimum absolute atomic E-state index is 0.0878. The standard InChI is InChI=1S/C21H30N2O4S/c1-2-3-11-23(20-10-16-28(25,26)17-20)21(24)9-6-18-4-7-19(8-5-18)22-12-14-27-15-13-22/h4-9,20H,2-3,10-17H2,1H3. The Balaban J connectivity index is 1.64. The van der Waals surface area contributed by atoms with Crippen molar-refractivity contribution in [2.24, 2.45) is 0 Å². The molecule has 0 spiro atoms. The van der Waals surface area contributed by atoms with Gasteiger partial charge in [-0.2, -0.15) is 0 Å². The molecule has 0 bridgehead atoms. The number of nitrogens with zero attached hydrogens (tertiary/aromatic N) is 2. The highest BCUT2D eigenvalue weighted by atomic mass is 32.2. The summed E-state index contributed by atoms with van der Waals surface area (Å²) < 4.78 is 29.0. The topological polar surface area (TPSA) is 66.9 Å². The van der Waals surface area contributed by atoms with Crippen molar-refractivity contribution in [1.82, 2.24) is 4.90 Å². The summed E-state index contributed by atoms with van der Waals surface area (Å²) in [4.78, 5) is 16.8. The number of sulfone groups is 1. The second kappa shape index (κ2) is 9.56. The van der Waals surface area contributed by atoms with Gasteiger partial charge in [-0.25, -0.2) is 8.42 Å². The van der Waals surface area contributed by atoms with Crippen LogP contribution in [0.4, 0.5) is 5.69 Å². The quantitative estimate of drug-likeness (QED) is 0.651. The van der Waals surface area contributed by atoms with Crippen molar-refractivity contribution in [3.05, 3.63) is 35.9 Å². The molecule has 2 aliphatic heterocycles. The number of hydrogen-bond acceptors (Lipinski definition) is 5. The summed E-state index contributed by atoms with van der Waals surface area (Å²) in [5.41, 5.74) is 2.12. The third-order valence-electron chi connectivity index (χ3n) is 5.37. The van der Waals surface area contributed by atoms with E-state index in [0.29, 0.717) is 13.0 Å². The van der Waals surface area contributed by atoms with Crippen LogP contribution in [0.3, 0.4) is 0 Å². The molecule has 28 heavy (non-hydrogen) atoms. The van der Waals surface area contributed by atoms with Crippen LogP contribution in [-0.4, -0.2) is 69.6 Å². The molecule has 2 aliphatic rings. The molecule has 6 nitrogen and oxygen atoms in total. The van der Waals surface area contributed by atoms with Gasteiger partial charge < -0.3 is 14.5 Å². The second-order valence-electron chi connectivity index (χ2n) is 7.47. The molecule has 2 saturated heterocycles. The van der Waals surface area contributed by atoms with Crippen LogP contribution < -0.4 is 4.90 Å². The van der Waals surface area contributed by atoms with E-state index >= 15 is 0 Å². The van der Waals surface area contributed by atoms with Crippen LogP contribution >= 0.6 is 0 Å². The molecule has 0 N–H and O–H groups in total. The molecule has 1 aromatic carbocycles. The minimum atomic E-state index is -3.01. The lowest BCUT2D eigenvalue weighted by Gasteiger charge is -2.28. The Bertz CT molecular complexity index is 783. The maximum absolute atomic E-state index is 12.8. The predicted octanol–water partition coefficient (Wildman–Crippen LogP) is 2.35. The van der Waals surface area contributed by atoms with Gasteiger partial charge in [0.25, 0.3) is 0 Å². The predicted molar refractivity (Wildman–Crippen MR) is 112 cm³/mol. The van der Waals surface area contributed by atoms with Gasteiger partial charge in [0.15, 0.2) is 9.84 Å². The summed E-state index contributed by atoms with van der Waals surface area (Å²) in [5.74, 6) is 0.165. The zero-order valence-electron chi connectivity index (χ0n) is 16.5. The van der Waals surface area contributed by atoms with Crippen LogP contribution in [0.1, 0.15) is 31.7 Å². The number of anilines is 1. The van der Waals surface area contributed by atoms with Gasteiger partial charge in [-0.15, -0.1) is 0 Å². The Morgan fingerprint density at radius 2 is 1.96 bits per heavy atom. The lowest BCUT2D eigenvalue weighted by Crippen LogP contribution is -2.40. The van der Waals surface area contributed by atoms with Gasteiger partial charge in [0.1, 0.15) is 0 Å². The van der Waals surface area contributed by atoms with Gasteiger partial charge in [0.2, 0.25) is 5.91 Å². The number of amides is 1. The summed E-state index contributed by atoms with van der Waals surface area (Å²) >= 11 is 0. The van der Waals surface area contributed by atoms with Gasteiger partial charge in [-0.3, -0.25) is 4.79 Å². The molecule has 2 fully saturated rings. The highest BCUT2D eigenvalue weighted by Gasteiger charge is 2.33. The smallest absolute Gasteiger partial charge is 0.246 e. The fourth-order valence-electron chi connectivity index (χ4n) is 3.70. The van der Waals surface area contributed by atoms with Crippen molar-refractivity contribution in [2.75, 3.05) is 49.3 Å². The molecule has 1 atom stereocenters. The van der Waals surface area contributed by atoms with Crippen LogP contribution in [0, 0.1) is 0 Å². The Hall–Kier alpha value is -1.86. The molecule has 1 amide bonds. The highest BCUT2D eigenvalue weighted by Crippen LogP contribution is 2.20. The monoisotopic (exact) mass is 406 g/mol. The van der Waals surface area contributed by atoms with E-state index < -0.39 is 9.84 Å². The lowest BCUT2D eigenvalue weighted by atomic mass is 10.1. The number of hydrogen-bond donors (Lipinski definition) is 0. The number of ether oxygens (including phenoxy) is 1. The number of carbonyl (C=O) groups is 1. The Kier molecular flexibility index (Phi) is 7.13. The van der Waals surface area contributed by atoms with Crippen LogP contribution in [0.15, 0.2) is 30.3 Å². The van der Waals surface area contributed by atoms with Crippen LogP contribution in [0.5, 0.6) is 0 Å². The third kappa shape index (κ3) is 5.58. The first-order chi connectivity index (χ1) is 13.5. The third-order valence-corrected chi connectivity index (χ3v) is 7.12. The first-order valence-corrected chi connectivity index (χ1v) is 11.9. The van der Waals surface area contributed by atoms with Gasteiger partial charge in [0.05, 0.1) is 24.7 Å². The van der Waals surface area contributed by atoms with E-state index in [1.807, 2.05) is 18.2 Å². The van der Waals surface area contributed by atoms with E-state index in [4.69, 9.17) is 4.74 Å². The van der Waals surface area contributed by atoms with Gasteiger partial charge >= 0.3 is 0 Å². The van der Waals surface area contributed by atoms with E-state index in [2.05, 4.69) is 24.0 Å². The van der Waals surface area contributed by atoms with E-state index in [1.54, 1.807) is 11.0 Å². The molecule has 3 rings (SSSR count). The maximum Gasteiger partial charge on any atom is 0.246 e. The zero-order chi connectivity index (χ0) is 20.0. The SMILES string of the molecule is CCCCN(C(=O)C=Cc1ccc(N2CCOCC2)cc1)C1CCS(=O)(=O)C1. The van der Waals surface area contributed by atoms with E-state index in [9.17, 15) is 13.2 Å². The fourth-order valence-corrected chi connectivity index (χ4v) is 5.43. The molecule has 154 valence electrons. The number of morpholine rings is 1. The summed E-state index contributed by atoms with van der Waals surface area (Å²) in [7, 11) is -3.01. The molecule has 0 aromatic heterocycles. The van der Waals surface area contributed by atoms with Crippen molar-refractivity contribution >= 4 is 27.5 Å².